The highest BCUT2D eigenvalue weighted by Gasteiger charge is 2.11. The summed E-state index contributed by atoms with van der Waals surface area (Å²) in [5.74, 6) is 2.10. The van der Waals surface area contributed by atoms with Crippen LogP contribution in [0.5, 0.6) is 17.2 Å². The predicted molar refractivity (Wildman–Crippen MR) is 121 cm³/mol. The molecule has 0 aliphatic heterocycles. The fourth-order valence-electron chi connectivity index (χ4n) is 2.63. The number of rotatable bonds is 8. The lowest BCUT2D eigenvalue weighted by Crippen LogP contribution is -1.99. The quantitative estimate of drug-likeness (QED) is 0.336. The molecule has 0 aromatic heterocycles. The van der Waals surface area contributed by atoms with Gasteiger partial charge in [-0.3, -0.25) is 4.99 Å². The van der Waals surface area contributed by atoms with E-state index in [1.165, 1.54) is 0 Å². The third-order valence-electron chi connectivity index (χ3n) is 4.06. The Labute approximate surface area is 184 Å². The smallest absolute Gasteiger partial charge is 0.175 e. The molecule has 0 radical (unpaired) electrons. The van der Waals surface area contributed by atoms with E-state index in [1.54, 1.807) is 13.3 Å². The van der Waals surface area contributed by atoms with Crippen molar-refractivity contribution in [1.29, 1.82) is 0 Å². The van der Waals surface area contributed by atoms with Crippen LogP contribution in [0.25, 0.3) is 0 Å². The highest BCUT2D eigenvalue weighted by Crippen LogP contribution is 2.37. The largest absolute Gasteiger partial charge is 0.494 e. The first-order valence-electron chi connectivity index (χ1n) is 9.10. The summed E-state index contributed by atoms with van der Waals surface area (Å²) in [6, 6.07) is 19.0. The van der Waals surface area contributed by atoms with Crippen LogP contribution >= 0.6 is 27.5 Å². The zero-order valence-electron chi connectivity index (χ0n) is 16.2. The maximum atomic E-state index is 5.97. The summed E-state index contributed by atoms with van der Waals surface area (Å²) in [4.78, 5) is 4.52. The number of benzene rings is 3. The van der Waals surface area contributed by atoms with Crippen LogP contribution in [0.2, 0.25) is 5.02 Å². The summed E-state index contributed by atoms with van der Waals surface area (Å²) in [5.41, 5.74) is 2.75. The number of hydrogen-bond donors (Lipinski definition) is 0. The third kappa shape index (κ3) is 5.99. The molecule has 4 nitrogen and oxygen atoms in total. The molecule has 0 spiro atoms. The first-order chi connectivity index (χ1) is 14.1. The number of aliphatic imine (C=N–C) groups is 1. The van der Waals surface area contributed by atoms with E-state index in [0.717, 1.165) is 27.0 Å². The Morgan fingerprint density at radius 3 is 2.38 bits per heavy atom. The SMILES string of the molecule is CCOc1ccc(N=Cc2cc(Br)c(OCc3ccc(Cl)cc3)c(OC)c2)cc1. The van der Waals surface area contributed by atoms with Crippen molar-refractivity contribution in [2.24, 2.45) is 4.99 Å². The van der Waals surface area contributed by atoms with Crippen LogP contribution in [-0.2, 0) is 6.61 Å². The topological polar surface area (TPSA) is 40.0 Å². The molecule has 0 atom stereocenters. The van der Waals surface area contributed by atoms with Crippen LogP contribution in [0.4, 0.5) is 5.69 Å². The van der Waals surface area contributed by atoms with Gasteiger partial charge in [-0.05, 0) is 82.5 Å². The molecule has 0 aliphatic rings. The lowest BCUT2D eigenvalue weighted by Gasteiger charge is -2.13. The van der Waals surface area contributed by atoms with Gasteiger partial charge in [0.15, 0.2) is 11.5 Å². The number of methoxy groups -OCH3 is 1. The number of hydrogen-bond acceptors (Lipinski definition) is 4. The molecule has 0 heterocycles. The summed E-state index contributed by atoms with van der Waals surface area (Å²) < 4.78 is 17.7. The molecule has 0 amide bonds. The van der Waals surface area contributed by atoms with Crippen LogP contribution in [0.1, 0.15) is 18.1 Å². The van der Waals surface area contributed by atoms with Gasteiger partial charge in [0.1, 0.15) is 12.4 Å². The first-order valence-corrected chi connectivity index (χ1v) is 10.3. The van der Waals surface area contributed by atoms with Crippen molar-refractivity contribution in [1.82, 2.24) is 0 Å². The molecule has 0 saturated heterocycles. The summed E-state index contributed by atoms with van der Waals surface area (Å²) in [5, 5.41) is 0.698. The lowest BCUT2D eigenvalue weighted by molar-refractivity contribution is 0.282. The Bertz CT molecular complexity index is 973. The number of halogens is 2. The van der Waals surface area contributed by atoms with Gasteiger partial charge in [-0.25, -0.2) is 0 Å². The minimum Gasteiger partial charge on any atom is -0.494 e. The maximum absolute atomic E-state index is 5.97. The lowest BCUT2D eigenvalue weighted by atomic mass is 10.2. The average Bonchev–Trinajstić information content (AvgIpc) is 2.73. The van der Waals surface area contributed by atoms with Crippen molar-refractivity contribution in [3.63, 3.8) is 0 Å². The van der Waals surface area contributed by atoms with Gasteiger partial charge >= 0.3 is 0 Å². The monoisotopic (exact) mass is 473 g/mol. The second kappa shape index (κ2) is 10.3. The van der Waals surface area contributed by atoms with E-state index in [9.17, 15) is 0 Å². The van der Waals surface area contributed by atoms with E-state index < -0.39 is 0 Å². The fraction of sp³-hybridized carbons (Fsp3) is 0.174. The van der Waals surface area contributed by atoms with Crippen molar-refractivity contribution >= 4 is 39.4 Å². The van der Waals surface area contributed by atoms with Gasteiger partial charge in [0, 0.05) is 11.2 Å². The van der Waals surface area contributed by atoms with Crippen molar-refractivity contribution in [3.8, 4) is 17.2 Å². The van der Waals surface area contributed by atoms with Crippen LogP contribution in [0.3, 0.4) is 0 Å². The highest BCUT2D eigenvalue weighted by atomic mass is 79.9. The summed E-state index contributed by atoms with van der Waals surface area (Å²) in [6.45, 7) is 3.01. The van der Waals surface area contributed by atoms with Crippen LogP contribution in [0, 0.1) is 0 Å². The third-order valence-corrected chi connectivity index (χ3v) is 4.90. The standard InChI is InChI=1S/C23H21BrClNO3/c1-3-28-20-10-8-19(9-11-20)26-14-17-12-21(24)23(22(13-17)27-2)29-15-16-4-6-18(25)7-5-16/h4-14H,3,15H2,1-2H3. The molecule has 29 heavy (non-hydrogen) atoms. The van der Waals surface area contributed by atoms with Crippen LogP contribution in [0.15, 0.2) is 70.1 Å². The second-order valence-corrected chi connectivity index (χ2v) is 7.43. The average molecular weight is 475 g/mol. The molecule has 150 valence electrons. The Balaban J connectivity index is 1.74. The highest BCUT2D eigenvalue weighted by molar-refractivity contribution is 9.10. The number of ether oxygens (including phenoxy) is 3. The number of nitrogens with zero attached hydrogens (tertiary/aromatic N) is 1. The minimum atomic E-state index is 0.408. The molecular formula is C23H21BrClNO3. The molecule has 0 bridgehead atoms. The van der Waals surface area contributed by atoms with Gasteiger partial charge in [-0.1, -0.05) is 23.7 Å². The summed E-state index contributed by atoms with van der Waals surface area (Å²) in [7, 11) is 1.62. The van der Waals surface area contributed by atoms with Gasteiger partial charge in [-0.15, -0.1) is 0 Å². The summed E-state index contributed by atoms with van der Waals surface area (Å²) >= 11 is 9.50. The molecule has 0 aliphatic carbocycles. The van der Waals surface area contributed by atoms with Gasteiger partial charge in [0.25, 0.3) is 0 Å². The minimum absolute atomic E-state index is 0.408. The van der Waals surface area contributed by atoms with Gasteiger partial charge in [0.2, 0.25) is 0 Å². The molecule has 3 aromatic carbocycles. The molecule has 3 aromatic rings. The van der Waals surface area contributed by atoms with E-state index in [2.05, 4.69) is 20.9 Å². The Hall–Kier alpha value is -2.50. The maximum Gasteiger partial charge on any atom is 0.175 e. The molecule has 0 fully saturated rings. The van der Waals surface area contributed by atoms with Crippen LogP contribution in [-0.4, -0.2) is 19.9 Å². The van der Waals surface area contributed by atoms with E-state index in [1.807, 2.05) is 67.6 Å². The van der Waals surface area contributed by atoms with E-state index in [-0.39, 0.29) is 0 Å². The molecule has 0 unspecified atom stereocenters. The molecular weight excluding hydrogens is 454 g/mol. The first kappa shape index (κ1) is 21.2. The normalized spacial score (nSPS) is 10.9. The fourth-order valence-corrected chi connectivity index (χ4v) is 3.33. The Morgan fingerprint density at radius 2 is 1.72 bits per heavy atom. The summed E-state index contributed by atoms with van der Waals surface area (Å²) in [6.07, 6.45) is 1.78. The Kier molecular flexibility index (Phi) is 7.55. The Morgan fingerprint density at radius 1 is 1.00 bits per heavy atom. The molecule has 0 N–H and O–H groups in total. The van der Waals surface area contributed by atoms with Crippen molar-refractivity contribution < 1.29 is 14.2 Å². The van der Waals surface area contributed by atoms with Gasteiger partial charge in [-0.2, -0.15) is 0 Å². The zero-order chi connectivity index (χ0) is 20.6. The molecule has 0 saturated carbocycles. The molecule has 3 rings (SSSR count). The van der Waals surface area contributed by atoms with Gasteiger partial charge in [0.05, 0.1) is 23.9 Å². The zero-order valence-corrected chi connectivity index (χ0v) is 18.5. The van der Waals surface area contributed by atoms with Crippen molar-refractivity contribution in [2.75, 3.05) is 13.7 Å². The van der Waals surface area contributed by atoms with E-state index in [4.69, 9.17) is 25.8 Å². The van der Waals surface area contributed by atoms with E-state index in [0.29, 0.717) is 29.7 Å². The second-order valence-electron chi connectivity index (χ2n) is 6.13. The predicted octanol–water partition coefficient (Wildman–Crippen LogP) is 6.84. The van der Waals surface area contributed by atoms with Crippen molar-refractivity contribution in [3.05, 3.63) is 81.3 Å². The molecule has 6 heteroatoms. The van der Waals surface area contributed by atoms with Crippen LogP contribution < -0.4 is 14.2 Å². The van der Waals surface area contributed by atoms with Gasteiger partial charge < -0.3 is 14.2 Å². The van der Waals surface area contributed by atoms with E-state index >= 15 is 0 Å². The van der Waals surface area contributed by atoms with Crippen molar-refractivity contribution in [2.45, 2.75) is 13.5 Å².